The minimum atomic E-state index is 0. The minimum absolute atomic E-state index is 0. The van der Waals surface area contributed by atoms with Crippen molar-refractivity contribution in [3.63, 3.8) is 0 Å². The van der Waals surface area contributed by atoms with E-state index in [0.29, 0.717) is 3.29 Å². The first-order chi connectivity index (χ1) is 19.1. The molecule has 0 heterocycles. The molecule has 1 nitrogen and oxygen atoms in total. The van der Waals surface area contributed by atoms with Gasteiger partial charge in [0.25, 0.3) is 0 Å². The summed E-state index contributed by atoms with van der Waals surface area (Å²) < 4.78 is 0.636. The number of rotatable bonds is 34. The number of quaternary nitrogens is 1. The van der Waals surface area contributed by atoms with Gasteiger partial charge < -0.3 is 0 Å². The molecule has 0 rings (SSSR count). The van der Waals surface area contributed by atoms with Crippen molar-refractivity contribution in [3.8, 4) is 0 Å². The molecule has 0 amide bonds. The second-order valence-electron chi connectivity index (χ2n) is 12.9. The Hall–Kier alpha value is 1.26. The van der Waals surface area contributed by atoms with Crippen LogP contribution in [0.2, 0.25) is 0 Å². The Labute approximate surface area is 278 Å². The maximum absolute atomic E-state index is 4.84. The summed E-state index contributed by atoms with van der Waals surface area (Å²) >= 11 is 9.69. The normalized spacial score (nSPS) is 11.7. The molecule has 0 fully saturated rings. The molecule has 0 aliphatic carbocycles. The molecule has 4 heteroatoms. The van der Waals surface area contributed by atoms with Crippen LogP contribution in [0.15, 0.2) is 0 Å². The van der Waals surface area contributed by atoms with Crippen molar-refractivity contribution < 1.29 is 22.2 Å². The largest absolute Gasteiger partial charge is 1.00 e. The zero-order valence-corrected chi connectivity index (χ0v) is 30.2. The third kappa shape index (κ3) is 37.3. The third-order valence-corrected chi connectivity index (χ3v) is 9.54. The summed E-state index contributed by atoms with van der Waals surface area (Å²) in [6, 6.07) is 0. The Balaban J connectivity index is 0. The molecule has 0 saturated carbocycles. The fraction of sp³-hybridized carbons (Fsp3) is 1.00. The molecule has 0 aliphatic rings. The maximum Gasteiger partial charge on any atom is 1.00 e. The van der Waals surface area contributed by atoms with E-state index in [0.717, 1.165) is 13.1 Å². The predicted molar refractivity (Wildman–Crippen MR) is 187 cm³/mol. The first kappa shape index (κ1) is 43.4. The molecule has 0 aromatic heterocycles. The van der Waals surface area contributed by atoms with Gasteiger partial charge in [-0.3, -0.25) is 0 Å². The van der Waals surface area contributed by atoms with Crippen LogP contribution in [0.4, 0.5) is 0 Å². The summed E-state index contributed by atoms with van der Waals surface area (Å²) in [7, 11) is 0. The molecule has 0 aromatic rings. The van der Waals surface area contributed by atoms with Crippen LogP contribution in [-0.2, 0) is 0 Å². The van der Waals surface area contributed by atoms with Gasteiger partial charge in [0, 0.05) is 0 Å². The molecule has 0 unspecified atom stereocenters. The van der Waals surface area contributed by atoms with E-state index in [2.05, 4.69) is 13.8 Å². The van der Waals surface area contributed by atoms with Gasteiger partial charge in [-0.05, 0) is 25.7 Å². The molecule has 40 heavy (non-hydrogen) atoms. The van der Waals surface area contributed by atoms with E-state index in [1.807, 2.05) is 0 Å². The number of hydrogen-bond acceptors (Lipinski definition) is 2. The first-order valence-electron chi connectivity index (χ1n) is 18.4. The third-order valence-electron chi connectivity index (χ3n) is 8.74. The fourth-order valence-corrected chi connectivity index (χ4v) is 6.50. The average Bonchev–Trinajstić information content (AvgIpc) is 2.92. The zero-order chi connectivity index (χ0) is 28.5. The van der Waals surface area contributed by atoms with Crippen LogP contribution < -0.4 is 18.9 Å². The fourth-order valence-electron chi connectivity index (χ4n) is 5.94. The number of thiol groups is 2. The monoisotopic (exact) mass is 594 g/mol. The Kier molecular flexibility index (Phi) is 39.5. The van der Waals surface area contributed by atoms with Crippen LogP contribution in [0.5, 0.6) is 0 Å². The molecule has 0 saturated heterocycles. The van der Waals surface area contributed by atoms with Gasteiger partial charge in [-0.15, -0.1) is 0 Å². The van der Waals surface area contributed by atoms with Crippen LogP contribution in [0, 0.1) is 0 Å². The molecule has 0 atom stereocenters. The smallest absolute Gasteiger partial charge is 0.206 e. The molecule has 0 N–H and O–H groups in total. The van der Waals surface area contributed by atoms with Crippen molar-refractivity contribution in [2.75, 3.05) is 13.1 Å². The SMILES string of the molecule is CCCCCCCCCCCCCCCCCC[N+](S)(S)CCCCCCCCCCCCCCCCCC.[Li+]. The van der Waals surface area contributed by atoms with Crippen molar-refractivity contribution in [3.05, 3.63) is 0 Å². The van der Waals surface area contributed by atoms with E-state index in [1.165, 1.54) is 205 Å². The summed E-state index contributed by atoms with van der Waals surface area (Å²) in [5, 5.41) is 0. The molecule has 0 spiro atoms. The Bertz CT molecular complexity index is 409. The van der Waals surface area contributed by atoms with Crippen LogP contribution in [0.25, 0.3) is 0 Å². The van der Waals surface area contributed by atoms with Crippen molar-refractivity contribution in [1.82, 2.24) is 0 Å². The summed E-state index contributed by atoms with van der Waals surface area (Å²) in [5.74, 6) is 0. The first-order valence-corrected chi connectivity index (χ1v) is 19.2. The van der Waals surface area contributed by atoms with Crippen molar-refractivity contribution in [2.24, 2.45) is 0 Å². The number of hydrogen-bond donors (Lipinski definition) is 2. The van der Waals surface area contributed by atoms with Crippen molar-refractivity contribution in [1.29, 1.82) is 0 Å². The van der Waals surface area contributed by atoms with Crippen molar-refractivity contribution in [2.45, 2.75) is 219 Å². The van der Waals surface area contributed by atoms with Crippen LogP contribution in [0.3, 0.4) is 0 Å². The maximum atomic E-state index is 4.84. The van der Waals surface area contributed by atoms with Crippen LogP contribution in [0.1, 0.15) is 219 Å². The van der Waals surface area contributed by atoms with Gasteiger partial charge in [-0.1, -0.05) is 194 Å². The van der Waals surface area contributed by atoms with Gasteiger partial charge in [0.2, 0.25) is 0 Å². The minimum Gasteiger partial charge on any atom is -0.206 e. The second-order valence-corrected chi connectivity index (χ2v) is 14.8. The van der Waals surface area contributed by atoms with Gasteiger partial charge in [-0.25, -0.2) is 3.29 Å². The Morgan fingerprint density at radius 3 is 0.600 bits per heavy atom. The van der Waals surface area contributed by atoms with E-state index in [1.54, 1.807) is 0 Å². The number of nitrogens with zero attached hydrogens (tertiary/aromatic N) is 1. The van der Waals surface area contributed by atoms with Gasteiger partial charge in [0.15, 0.2) is 0 Å². The summed E-state index contributed by atoms with van der Waals surface area (Å²) in [6.07, 6.45) is 45.8. The standard InChI is InChI=1S/C36H76NS2.Li/c1-3-5-7-9-11-13-15-17-19-21-23-25-27-29-31-33-35-37(38,39)36-34-32-30-28-26-24-22-20-18-16-14-12-10-8-6-4-2;/h38-39H,3-36H2,1-2H3;/q2*+1. The summed E-state index contributed by atoms with van der Waals surface area (Å²) in [4.78, 5) is 0. The van der Waals surface area contributed by atoms with Gasteiger partial charge in [0.05, 0.1) is 38.7 Å². The summed E-state index contributed by atoms with van der Waals surface area (Å²) in [5.41, 5.74) is 0. The van der Waals surface area contributed by atoms with Crippen molar-refractivity contribution >= 4 is 25.6 Å². The molecule has 0 bridgehead atoms. The second kappa shape index (κ2) is 36.4. The Morgan fingerprint density at radius 1 is 0.275 bits per heavy atom. The molecule has 0 aromatic carbocycles. The van der Waals surface area contributed by atoms with Gasteiger partial charge in [-0.2, -0.15) is 0 Å². The van der Waals surface area contributed by atoms with Crippen LogP contribution in [-0.4, -0.2) is 16.4 Å². The van der Waals surface area contributed by atoms with E-state index >= 15 is 0 Å². The zero-order valence-electron chi connectivity index (χ0n) is 28.4. The average molecular weight is 594 g/mol. The Morgan fingerprint density at radius 2 is 0.425 bits per heavy atom. The van der Waals surface area contributed by atoms with E-state index in [9.17, 15) is 0 Å². The van der Waals surface area contributed by atoms with Gasteiger partial charge >= 0.3 is 18.9 Å². The topological polar surface area (TPSA) is 0 Å². The predicted octanol–water partition coefficient (Wildman–Crippen LogP) is 11.0. The van der Waals surface area contributed by atoms with E-state index in [-0.39, 0.29) is 18.9 Å². The van der Waals surface area contributed by atoms with E-state index in [4.69, 9.17) is 25.6 Å². The molecular weight excluding hydrogens is 517 g/mol. The molecular formula is C36H76LiNS2+2. The summed E-state index contributed by atoms with van der Waals surface area (Å²) in [6.45, 7) is 6.83. The van der Waals surface area contributed by atoms with Crippen LogP contribution >= 0.6 is 25.6 Å². The molecule has 0 aliphatic heterocycles. The van der Waals surface area contributed by atoms with E-state index < -0.39 is 0 Å². The quantitative estimate of drug-likeness (QED) is 0.0315. The van der Waals surface area contributed by atoms with Gasteiger partial charge in [0.1, 0.15) is 0 Å². The number of unbranched alkanes of at least 4 members (excludes halogenated alkanes) is 30. The molecule has 0 radical (unpaired) electrons. The molecule has 236 valence electrons.